The molecule has 0 fully saturated rings. The largest absolute Gasteiger partial charge is 0.0952 e. The van der Waals surface area contributed by atoms with Gasteiger partial charge in [0.15, 0.2) is 0 Å². The number of rotatable bonds is 5. The molecule has 0 heteroatoms. The molecule has 0 radical (unpaired) electrons. The second kappa shape index (κ2) is 7.13. The van der Waals surface area contributed by atoms with Crippen LogP contribution in [0.3, 0.4) is 0 Å². The Morgan fingerprint density at radius 1 is 1.16 bits per heavy atom. The molecule has 0 aliphatic heterocycles. The first kappa shape index (κ1) is 15.5. The third kappa shape index (κ3) is 4.55. The Morgan fingerprint density at radius 3 is 2.16 bits per heavy atom. The van der Waals surface area contributed by atoms with Crippen LogP contribution in [0.2, 0.25) is 0 Å². The van der Waals surface area contributed by atoms with E-state index in [2.05, 4.69) is 77.6 Å². The van der Waals surface area contributed by atoms with E-state index in [0.29, 0.717) is 5.92 Å². The van der Waals surface area contributed by atoms with Crippen molar-refractivity contribution in [2.45, 2.75) is 47.0 Å². The molecule has 0 atom stereocenters. The predicted molar refractivity (Wildman–Crippen MR) is 87.4 cm³/mol. The van der Waals surface area contributed by atoms with Crippen molar-refractivity contribution < 1.29 is 0 Å². The summed E-state index contributed by atoms with van der Waals surface area (Å²) < 4.78 is 0. The van der Waals surface area contributed by atoms with Crippen LogP contribution in [-0.4, -0.2) is 0 Å². The molecule has 0 N–H and O–H groups in total. The Labute approximate surface area is 118 Å². The van der Waals surface area contributed by atoms with Gasteiger partial charge in [0.05, 0.1) is 0 Å². The predicted octanol–water partition coefficient (Wildman–Crippen LogP) is 6.13. The standard InChI is InChI=1S/C19H26/c1-7-16(6)19(15(4)5)13-10-17-8-11-18(12-9-17)14(2)3/h8-14H,6-7H2,1-5H3. The second-order valence-corrected chi connectivity index (χ2v) is 5.53. The molecule has 0 amide bonds. The highest BCUT2D eigenvalue weighted by Gasteiger charge is 2.00. The SMILES string of the molecule is C=C(CC)C(C=Cc1ccc(C(C)C)cc1)=C(C)C. The number of hydrogen-bond acceptors (Lipinski definition) is 0. The lowest BCUT2D eigenvalue weighted by atomic mass is 9.98. The number of benzene rings is 1. The first-order valence-corrected chi connectivity index (χ1v) is 7.09. The van der Waals surface area contributed by atoms with Gasteiger partial charge in [0.2, 0.25) is 0 Å². The van der Waals surface area contributed by atoms with Gasteiger partial charge in [-0.3, -0.25) is 0 Å². The molecule has 1 aromatic carbocycles. The van der Waals surface area contributed by atoms with Gasteiger partial charge in [-0.1, -0.05) is 69.3 Å². The van der Waals surface area contributed by atoms with Crippen LogP contribution < -0.4 is 0 Å². The Bertz CT molecular complexity index is 477. The van der Waals surface area contributed by atoms with Gasteiger partial charge < -0.3 is 0 Å². The Morgan fingerprint density at radius 2 is 1.74 bits per heavy atom. The smallest absolute Gasteiger partial charge is 0.0219 e. The highest BCUT2D eigenvalue weighted by atomic mass is 14.1. The van der Waals surface area contributed by atoms with Gasteiger partial charge in [-0.25, -0.2) is 0 Å². The van der Waals surface area contributed by atoms with Gasteiger partial charge in [0, 0.05) is 0 Å². The fraction of sp³-hybridized carbons (Fsp3) is 0.368. The van der Waals surface area contributed by atoms with Crippen LogP contribution in [0.4, 0.5) is 0 Å². The van der Waals surface area contributed by atoms with Crippen molar-refractivity contribution in [2.75, 3.05) is 0 Å². The summed E-state index contributed by atoms with van der Waals surface area (Å²) in [5.41, 5.74) is 6.43. The molecule has 1 aromatic rings. The lowest BCUT2D eigenvalue weighted by Crippen LogP contribution is -1.88. The molecule has 0 saturated carbocycles. The Balaban J connectivity index is 2.91. The van der Waals surface area contributed by atoms with Crippen LogP contribution in [0, 0.1) is 0 Å². The average molecular weight is 254 g/mol. The van der Waals surface area contributed by atoms with Crippen molar-refractivity contribution in [1.29, 1.82) is 0 Å². The number of hydrogen-bond donors (Lipinski definition) is 0. The maximum absolute atomic E-state index is 4.14. The normalized spacial score (nSPS) is 11.1. The van der Waals surface area contributed by atoms with Gasteiger partial charge in [-0.05, 0) is 48.5 Å². The van der Waals surface area contributed by atoms with E-state index in [1.54, 1.807) is 0 Å². The third-order valence-electron chi connectivity index (χ3n) is 3.39. The molecule has 0 nitrogen and oxygen atoms in total. The van der Waals surface area contributed by atoms with Crippen molar-refractivity contribution in [1.82, 2.24) is 0 Å². The monoisotopic (exact) mass is 254 g/mol. The van der Waals surface area contributed by atoms with Gasteiger partial charge in [0.1, 0.15) is 0 Å². The second-order valence-electron chi connectivity index (χ2n) is 5.53. The molecular formula is C19H26. The summed E-state index contributed by atoms with van der Waals surface area (Å²) >= 11 is 0. The summed E-state index contributed by atoms with van der Waals surface area (Å²) in [5, 5.41) is 0. The summed E-state index contributed by atoms with van der Waals surface area (Å²) in [7, 11) is 0. The van der Waals surface area contributed by atoms with E-state index in [1.165, 1.54) is 27.8 Å². The van der Waals surface area contributed by atoms with Crippen LogP contribution in [0.25, 0.3) is 6.08 Å². The fourth-order valence-corrected chi connectivity index (χ4v) is 2.00. The minimum absolute atomic E-state index is 0.589. The van der Waals surface area contributed by atoms with Gasteiger partial charge in [0.25, 0.3) is 0 Å². The molecule has 0 saturated heterocycles. The zero-order chi connectivity index (χ0) is 14.4. The number of allylic oxidation sites excluding steroid dienone is 4. The molecular weight excluding hydrogens is 228 g/mol. The summed E-state index contributed by atoms with van der Waals surface area (Å²) in [6.07, 6.45) is 5.36. The maximum Gasteiger partial charge on any atom is -0.0219 e. The van der Waals surface area contributed by atoms with E-state index in [-0.39, 0.29) is 0 Å². The van der Waals surface area contributed by atoms with E-state index in [0.717, 1.165) is 6.42 Å². The average Bonchev–Trinajstić information content (AvgIpc) is 2.38. The molecule has 102 valence electrons. The molecule has 0 bridgehead atoms. The van der Waals surface area contributed by atoms with E-state index in [1.807, 2.05) is 0 Å². The van der Waals surface area contributed by atoms with Crippen molar-refractivity contribution in [3.05, 3.63) is 64.8 Å². The molecule has 0 aliphatic rings. The van der Waals surface area contributed by atoms with E-state index in [9.17, 15) is 0 Å². The lowest BCUT2D eigenvalue weighted by molar-refractivity contribution is 0.866. The van der Waals surface area contributed by atoms with Gasteiger partial charge >= 0.3 is 0 Å². The minimum atomic E-state index is 0.589. The Kier molecular flexibility index (Phi) is 5.82. The highest BCUT2D eigenvalue weighted by molar-refractivity contribution is 5.57. The highest BCUT2D eigenvalue weighted by Crippen LogP contribution is 2.20. The van der Waals surface area contributed by atoms with Crippen LogP contribution in [0.5, 0.6) is 0 Å². The van der Waals surface area contributed by atoms with E-state index < -0.39 is 0 Å². The summed E-state index contributed by atoms with van der Waals surface area (Å²) in [5.74, 6) is 0.589. The minimum Gasteiger partial charge on any atom is -0.0952 e. The van der Waals surface area contributed by atoms with E-state index >= 15 is 0 Å². The van der Waals surface area contributed by atoms with Crippen molar-refractivity contribution in [3.63, 3.8) is 0 Å². The van der Waals surface area contributed by atoms with Crippen LogP contribution >= 0.6 is 0 Å². The summed E-state index contributed by atoms with van der Waals surface area (Å²) in [6.45, 7) is 15.0. The molecule has 0 aromatic heterocycles. The van der Waals surface area contributed by atoms with Crippen molar-refractivity contribution in [3.8, 4) is 0 Å². The van der Waals surface area contributed by atoms with Crippen LogP contribution in [0.15, 0.2) is 53.6 Å². The zero-order valence-electron chi connectivity index (χ0n) is 13.0. The third-order valence-corrected chi connectivity index (χ3v) is 3.39. The van der Waals surface area contributed by atoms with Crippen LogP contribution in [-0.2, 0) is 0 Å². The molecule has 0 unspecified atom stereocenters. The summed E-state index contributed by atoms with van der Waals surface area (Å²) in [4.78, 5) is 0. The van der Waals surface area contributed by atoms with Gasteiger partial charge in [-0.15, -0.1) is 0 Å². The molecule has 0 aliphatic carbocycles. The quantitative estimate of drug-likeness (QED) is 0.555. The summed E-state index contributed by atoms with van der Waals surface area (Å²) in [6, 6.07) is 8.79. The molecule has 0 spiro atoms. The first-order chi connectivity index (χ1) is 8.95. The molecule has 0 heterocycles. The van der Waals surface area contributed by atoms with E-state index in [4.69, 9.17) is 0 Å². The lowest BCUT2D eigenvalue weighted by Gasteiger charge is -2.07. The molecule has 1 rings (SSSR count). The van der Waals surface area contributed by atoms with Crippen molar-refractivity contribution >= 4 is 6.08 Å². The Hall–Kier alpha value is -1.56. The van der Waals surface area contributed by atoms with Gasteiger partial charge in [-0.2, -0.15) is 0 Å². The van der Waals surface area contributed by atoms with Crippen molar-refractivity contribution in [2.24, 2.45) is 0 Å². The zero-order valence-corrected chi connectivity index (χ0v) is 13.0. The van der Waals surface area contributed by atoms with Crippen LogP contribution in [0.1, 0.15) is 58.1 Å². The molecule has 19 heavy (non-hydrogen) atoms. The first-order valence-electron chi connectivity index (χ1n) is 7.09. The fourth-order valence-electron chi connectivity index (χ4n) is 2.00. The topological polar surface area (TPSA) is 0 Å². The maximum atomic E-state index is 4.14.